The summed E-state index contributed by atoms with van der Waals surface area (Å²) < 4.78 is 0. The normalized spacial score (nSPS) is 17.8. The van der Waals surface area contributed by atoms with E-state index in [0.717, 1.165) is 18.1 Å². The Labute approximate surface area is 69.6 Å². The molecule has 1 aliphatic rings. The van der Waals surface area contributed by atoms with Gasteiger partial charge in [0.05, 0.1) is 6.20 Å². The molecule has 0 amide bonds. The summed E-state index contributed by atoms with van der Waals surface area (Å²) in [4.78, 5) is 8.17. The predicted molar refractivity (Wildman–Crippen MR) is 44.5 cm³/mol. The van der Waals surface area contributed by atoms with Gasteiger partial charge in [-0.05, 0) is 0 Å². The first-order valence-corrected chi connectivity index (χ1v) is 4.46. The molecule has 0 spiro atoms. The van der Waals surface area contributed by atoms with Crippen molar-refractivity contribution in [1.29, 1.82) is 0 Å². The highest BCUT2D eigenvalue weighted by molar-refractivity contribution is 8.00. The Morgan fingerprint density at radius 1 is 1.45 bits per heavy atom. The third kappa shape index (κ3) is 1.70. The third-order valence-corrected chi connectivity index (χ3v) is 2.69. The van der Waals surface area contributed by atoms with E-state index in [-0.39, 0.29) is 0 Å². The van der Waals surface area contributed by atoms with Gasteiger partial charge in [-0.25, -0.2) is 4.98 Å². The van der Waals surface area contributed by atoms with Gasteiger partial charge in [0.2, 0.25) is 0 Å². The zero-order valence-corrected chi connectivity index (χ0v) is 6.84. The van der Waals surface area contributed by atoms with Crippen molar-refractivity contribution in [3.05, 3.63) is 18.6 Å². The van der Waals surface area contributed by atoms with Gasteiger partial charge in [0.1, 0.15) is 5.03 Å². The monoisotopic (exact) mass is 167 g/mol. The molecule has 58 valence electrons. The van der Waals surface area contributed by atoms with Gasteiger partial charge in [0.25, 0.3) is 0 Å². The Hall–Kier alpha value is -0.610. The molecule has 1 N–H and O–H groups in total. The highest BCUT2D eigenvalue weighted by atomic mass is 32.2. The SMILES string of the molecule is c1cnc(SC2CNC2)cn1. The summed E-state index contributed by atoms with van der Waals surface area (Å²) in [7, 11) is 0. The van der Waals surface area contributed by atoms with Crippen LogP contribution in [0.2, 0.25) is 0 Å². The number of hydrogen-bond donors (Lipinski definition) is 1. The van der Waals surface area contributed by atoms with E-state index in [1.807, 2.05) is 6.20 Å². The van der Waals surface area contributed by atoms with Crippen LogP contribution in [0.15, 0.2) is 23.6 Å². The number of hydrogen-bond acceptors (Lipinski definition) is 4. The maximum Gasteiger partial charge on any atom is 0.115 e. The fourth-order valence-electron chi connectivity index (χ4n) is 0.863. The Morgan fingerprint density at radius 2 is 2.36 bits per heavy atom. The van der Waals surface area contributed by atoms with Crippen LogP contribution < -0.4 is 5.32 Å². The minimum atomic E-state index is 0.701. The zero-order chi connectivity index (χ0) is 7.52. The van der Waals surface area contributed by atoms with E-state index in [9.17, 15) is 0 Å². The topological polar surface area (TPSA) is 37.8 Å². The van der Waals surface area contributed by atoms with Crippen LogP contribution in [0.3, 0.4) is 0 Å². The van der Waals surface area contributed by atoms with Gasteiger partial charge >= 0.3 is 0 Å². The Balaban J connectivity index is 1.95. The minimum absolute atomic E-state index is 0.701. The van der Waals surface area contributed by atoms with Crippen molar-refractivity contribution in [2.75, 3.05) is 13.1 Å². The molecule has 2 heterocycles. The first-order valence-electron chi connectivity index (χ1n) is 3.58. The molecule has 4 heteroatoms. The van der Waals surface area contributed by atoms with Crippen molar-refractivity contribution in [3.8, 4) is 0 Å². The molecule has 2 rings (SSSR count). The van der Waals surface area contributed by atoms with E-state index in [1.54, 1.807) is 24.2 Å². The molecule has 1 saturated heterocycles. The minimum Gasteiger partial charge on any atom is -0.314 e. The highest BCUT2D eigenvalue weighted by Gasteiger charge is 2.17. The largest absolute Gasteiger partial charge is 0.314 e. The van der Waals surface area contributed by atoms with Crippen LogP contribution in [0.5, 0.6) is 0 Å². The highest BCUT2D eigenvalue weighted by Crippen LogP contribution is 2.21. The maximum absolute atomic E-state index is 4.17. The molecule has 0 aliphatic carbocycles. The van der Waals surface area contributed by atoms with Gasteiger partial charge < -0.3 is 5.32 Å². The van der Waals surface area contributed by atoms with Crippen LogP contribution in [0.1, 0.15) is 0 Å². The maximum atomic E-state index is 4.17. The predicted octanol–water partition coefficient (Wildman–Crippen LogP) is 0.540. The molecule has 0 atom stereocenters. The molecule has 0 unspecified atom stereocenters. The quantitative estimate of drug-likeness (QED) is 0.697. The lowest BCUT2D eigenvalue weighted by atomic mass is 10.3. The van der Waals surface area contributed by atoms with Crippen LogP contribution in [0.4, 0.5) is 0 Å². The van der Waals surface area contributed by atoms with E-state index >= 15 is 0 Å². The van der Waals surface area contributed by atoms with Crippen molar-refractivity contribution in [1.82, 2.24) is 15.3 Å². The van der Waals surface area contributed by atoms with E-state index in [4.69, 9.17) is 0 Å². The van der Waals surface area contributed by atoms with Crippen molar-refractivity contribution in [2.45, 2.75) is 10.3 Å². The van der Waals surface area contributed by atoms with E-state index in [0.29, 0.717) is 5.25 Å². The van der Waals surface area contributed by atoms with E-state index < -0.39 is 0 Å². The van der Waals surface area contributed by atoms with Crippen molar-refractivity contribution < 1.29 is 0 Å². The first-order chi connectivity index (χ1) is 5.45. The van der Waals surface area contributed by atoms with Gasteiger partial charge in [-0.3, -0.25) is 4.98 Å². The van der Waals surface area contributed by atoms with Crippen LogP contribution in [-0.4, -0.2) is 28.3 Å². The van der Waals surface area contributed by atoms with E-state index in [2.05, 4.69) is 15.3 Å². The molecule has 3 nitrogen and oxygen atoms in total. The van der Waals surface area contributed by atoms with Gasteiger partial charge in [-0.2, -0.15) is 0 Å². The molecule has 0 radical (unpaired) electrons. The smallest absolute Gasteiger partial charge is 0.115 e. The fraction of sp³-hybridized carbons (Fsp3) is 0.429. The van der Waals surface area contributed by atoms with Crippen LogP contribution >= 0.6 is 11.8 Å². The van der Waals surface area contributed by atoms with Gasteiger partial charge in [-0.1, -0.05) is 11.8 Å². The molecule has 1 aliphatic heterocycles. The summed E-state index contributed by atoms with van der Waals surface area (Å²) in [6, 6.07) is 0. The molecular weight excluding hydrogens is 158 g/mol. The number of aromatic nitrogens is 2. The molecule has 1 fully saturated rings. The number of thioether (sulfide) groups is 1. The third-order valence-electron chi connectivity index (χ3n) is 1.57. The molecule has 1 aromatic heterocycles. The average molecular weight is 167 g/mol. The first kappa shape index (κ1) is 7.06. The number of rotatable bonds is 2. The fourth-order valence-corrected chi connectivity index (χ4v) is 1.85. The summed E-state index contributed by atoms with van der Waals surface area (Å²) in [6.45, 7) is 2.20. The van der Waals surface area contributed by atoms with Crippen molar-refractivity contribution in [3.63, 3.8) is 0 Å². The lowest BCUT2D eigenvalue weighted by molar-refractivity contribution is 0.543. The van der Waals surface area contributed by atoms with Crippen molar-refractivity contribution >= 4 is 11.8 Å². The lowest BCUT2D eigenvalue weighted by Gasteiger charge is -2.25. The Morgan fingerprint density at radius 3 is 2.91 bits per heavy atom. The lowest BCUT2D eigenvalue weighted by Crippen LogP contribution is -2.44. The molecule has 0 aromatic carbocycles. The van der Waals surface area contributed by atoms with Crippen LogP contribution in [0.25, 0.3) is 0 Å². The molecule has 11 heavy (non-hydrogen) atoms. The van der Waals surface area contributed by atoms with Gasteiger partial charge in [0.15, 0.2) is 0 Å². The average Bonchev–Trinajstić information content (AvgIpc) is 1.99. The number of nitrogens with zero attached hydrogens (tertiary/aromatic N) is 2. The molecule has 1 aromatic rings. The van der Waals surface area contributed by atoms with Crippen molar-refractivity contribution in [2.24, 2.45) is 0 Å². The second-order valence-corrected chi connectivity index (χ2v) is 3.76. The summed E-state index contributed by atoms with van der Waals surface area (Å²) in [5.41, 5.74) is 0. The number of nitrogens with one attached hydrogen (secondary N) is 1. The second-order valence-electron chi connectivity index (χ2n) is 2.44. The summed E-state index contributed by atoms with van der Waals surface area (Å²) >= 11 is 1.79. The molecular formula is C7H9N3S. The second kappa shape index (κ2) is 3.19. The van der Waals surface area contributed by atoms with E-state index in [1.165, 1.54) is 0 Å². The summed E-state index contributed by atoms with van der Waals surface area (Å²) in [6.07, 6.45) is 5.24. The van der Waals surface area contributed by atoms with Crippen LogP contribution in [-0.2, 0) is 0 Å². The van der Waals surface area contributed by atoms with Gasteiger partial charge in [-0.15, -0.1) is 0 Å². The Kier molecular flexibility index (Phi) is 2.05. The zero-order valence-electron chi connectivity index (χ0n) is 6.03. The molecule has 0 saturated carbocycles. The Bertz CT molecular complexity index is 222. The standard InChI is InChI=1S/C7H9N3S/c1-2-10-7(5-8-1)11-6-3-9-4-6/h1-2,5-6,9H,3-4H2. The van der Waals surface area contributed by atoms with Gasteiger partial charge in [0, 0.05) is 30.7 Å². The summed E-state index contributed by atoms with van der Waals surface area (Å²) in [5, 5.41) is 4.94. The van der Waals surface area contributed by atoms with Crippen LogP contribution in [0, 0.1) is 0 Å². The molecule has 0 bridgehead atoms. The summed E-state index contributed by atoms with van der Waals surface area (Å²) in [5.74, 6) is 0.